The quantitative estimate of drug-likeness (QED) is 0.898. The van der Waals surface area contributed by atoms with E-state index in [-0.39, 0.29) is 16.5 Å². The van der Waals surface area contributed by atoms with Crippen LogP contribution in [0.15, 0.2) is 29.2 Å². The number of carboxylic acid groups (broad SMARTS) is 1. The lowest BCUT2D eigenvalue weighted by molar-refractivity contribution is -0.140. The molecule has 1 aromatic rings. The van der Waals surface area contributed by atoms with E-state index in [4.69, 9.17) is 5.11 Å². The number of carbonyl (C=O) groups is 1. The van der Waals surface area contributed by atoms with Crippen molar-refractivity contribution < 1.29 is 22.7 Å². The molecule has 18 heavy (non-hydrogen) atoms. The number of hydrogen-bond donors (Lipinski definition) is 1. The average Bonchev–Trinajstić information content (AvgIpc) is 2.78. The fraction of sp³-hybridized carbons (Fsp3) is 0.300. The molecule has 0 aromatic heterocycles. The van der Waals surface area contributed by atoms with Crippen molar-refractivity contribution in [2.45, 2.75) is 10.9 Å². The zero-order valence-corrected chi connectivity index (χ0v) is 10.7. The van der Waals surface area contributed by atoms with E-state index >= 15 is 0 Å². The van der Waals surface area contributed by atoms with Crippen LogP contribution in [0.25, 0.3) is 0 Å². The lowest BCUT2D eigenvalue weighted by atomic mass is 10.3. The molecule has 0 bridgehead atoms. The highest BCUT2D eigenvalue weighted by Gasteiger charge is 2.40. The van der Waals surface area contributed by atoms with Crippen LogP contribution in [-0.2, 0) is 14.8 Å². The van der Waals surface area contributed by atoms with E-state index in [0.717, 1.165) is 16.4 Å². The molecule has 0 saturated carbocycles. The van der Waals surface area contributed by atoms with E-state index < -0.39 is 27.9 Å². The van der Waals surface area contributed by atoms with Crippen molar-refractivity contribution in [3.05, 3.63) is 30.1 Å². The first kappa shape index (κ1) is 13.3. The van der Waals surface area contributed by atoms with Crippen LogP contribution in [0.3, 0.4) is 0 Å². The second-order valence-corrected chi connectivity index (χ2v) is 6.59. The maximum Gasteiger partial charge on any atom is 0.322 e. The van der Waals surface area contributed by atoms with E-state index in [1.54, 1.807) is 0 Å². The summed E-state index contributed by atoms with van der Waals surface area (Å²) in [6.07, 6.45) is 0. The summed E-state index contributed by atoms with van der Waals surface area (Å²) >= 11 is 1.22. The van der Waals surface area contributed by atoms with E-state index in [0.29, 0.717) is 0 Å². The van der Waals surface area contributed by atoms with Gasteiger partial charge in [0.2, 0.25) is 10.0 Å². The second kappa shape index (κ2) is 4.87. The summed E-state index contributed by atoms with van der Waals surface area (Å²) in [6, 6.07) is 3.45. The highest BCUT2D eigenvalue weighted by Crippen LogP contribution is 2.28. The molecule has 2 rings (SSSR count). The smallest absolute Gasteiger partial charge is 0.322 e. The molecule has 5 nitrogen and oxygen atoms in total. The number of halogens is 1. The third-order valence-electron chi connectivity index (χ3n) is 2.53. The van der Waals surface area contributed by atoms with Gasteiger partial charge in [-0.1, -0.05) is 6.07 Å². The van der Waals surface area contributed by atoms with Gasteiger partial charge in [-0.15, -0.1) is 11.8 Å². The zero-order chi connectivity index (χ0) is 13.3. The predicted octanol–water partition coefficient (Wildman–Crippen LogP) is 0.974. The summed E-state index contributed by atoms with van der Waals surface area (Å²) in [6.45, 7) is 0. The molecule has 8 heteroatoms. The minimum atomic E-state index is -3.96. The van der Waals surface area contributed by atoms with E-state index in [2.05, 4.69) is 0 Å². The molecule has 1 aromatic carbocycles. The third kappa shape index (κ3) is 2.36. The monoisotopic (exact) mass is 291 g/mol. The first-order valence-electron chi connectivity index (χ1n) is 5.01. The lowest BCUT2D eigenvalue weighted by Crippen LogP contribution is -2.41. The first-order chi connectivity index (χ1) is 8.43. The lowest BCUT2D eigenvalue weighted by Gasteiger charge is -2.19. The molecule has 0 amide bonds. The molecular weight excluding hydrogens is 281 g/mol. The number of hydrogen-bond acceptors (Lipinski definition) is 4. The van der Waals surface area contributed by atoms with Gasteiger partial charge >= 0.3 is 5.97 Å². The number of sulfonamides is 1. The van der Waals surface area contributed by atoms with Crippen molar-refractivity contribution in [2.75, 3.05) is 11.6 Å². The van der Waals surface area contributed by atoms with Crippen LogP contribution >= 0.6 is 11.8 Å². The second-order valence-electron chi connectivity index (χ2n) is 3.70. The van der Waals surface area contributed by atoms with E-state index in [1.165, 1.54) is 23.9 Å². The number of aliphatic carboxylic acids is 1. The molecule has 0 spiro atoms. The summed E-state index contributed by atoms with van der Waals surface area (Å²) in [5, 5.41) is 8.95. The van der Waals surface area contributed by atoms with Gasteiger partial charge in [-0.25, -0.2) is 12.8 Å². The Morgan fingerprint density at radius 1 is 1.50 bits per heavy atom. The molecule has 0 radical (unpaired) electrons. The summed E-state index contributed by atoms with van der Waals surface area (Å²) in [4.78, 5) is 10.7. The minimum absolute atomic E-state index is 0.0653. The van der Waals surface area contributed by atoms with Crippen molar-refractivity contribution in [1.82, 2.24) is 4.31 Å². The van der Waals surface area contributed by atoms with E-state index in [9.17, 15) is 17.6 Å². The maximum atomic E-state index is 13.0. The normalized spacial score (nSPS) is 21.1. The highest BCUT2D eigenvalue weighted by atomic mass is 32.2. The van der Waals surface area contributed by atoms with Gasteiger partial charge in [0, 0.05) is 5.75 Å². The van der Waals surface area contributed by atoms with Crippen molar-refractivity contribution >= 4 is 27.8 Å². The maximum absolute atomic E-state index is 13.0. The molecule has 1 heterocycles. The van der Waals surface area contributed by atoms with Gasteiger partial charge in [-0.05, 0) is 18.2 Å². The number of benzene rings is 1. The van der Waals surface area contributed by atoms with Crippen LogP contribution in [0.5, 0.6) is 0 Å². The van der Waals surface area contributed by atoms with Gasteiger partial charge in [0.25, 0.3) is 0 Å². The van der Waals surface area contributed by atoms with Crippen LogP contribution in [-0.4, -0.2) is 41.5 Å². The number of nitrogens with zero attached hydrogens (tertiary/aromatic N) is 1. The van der Waals surface area contributed by atoms with Gasteiger partial charge in [0.1, 0.15) is 11.9 Å². The Labute approximate surface area is 108 Å². The Kier molecular flexibility index (Phi) is 3.60. The first-order valence-corrected chi connectivity index (χ1v) is 7.60. The molecule has 0 aliphatic carbocycles. The Hall–Kier alpha value is -1.12. The van der Waals surface area contributed by atoms with Gasteiger partial charge < -0.3 is 5.11 Å². The Morgan fingerprint density at radius 2 is 2.22 bits per heavy atom. The van der Waals surface area contributed by atoms with E-state index in [1.807, 2.05) is 0 Å². The molecule has 1 atom stereocenters. The summed E-state index contributed by atoms with van der Waals surface area (Å²) in [5.41, 5.74) is 0. The molecule has 1 saturated heterocycles. The number of carboxylic acids is 1. The van der Waals surface area contributed by atoms with Crippen molar-refractivity contribution in [2.24, 2.45) is 0 Å². The molecule has 1 aliphatic heterocycles. The SMILES string of the molecule is O=C(O)C1CSCN1S(=O)(=O)c1cccc(F)c1. The Balaban J connectivity index is 2.40. The van der Waals surface area contributed by atoms with Crippen LogP contribution in [0.2, 0.25) is 0 Å². The van der Waals surface area contributed by atoms with Crippen molar-refractivity contribution in [3.63, 3.8) is 0 Å². The fourth-order valence-corrected chi connectivity index (χ4v) is 4.79. The molecular formula is C10H10FNO4S2. The van der Waals surface area contributed by atoms with Gasteiger partial charge in [0.15, 0.2) is 0 Å². The number of rotatable bonds is 3. The van der Waals surface area contributed by atoms with Crippen LogP contribution in [0.1, 0.15) is 0 Å². The molecule has 98 valence electrons. The minimum Gasteiger partial charge on any atom is -0.480 e. The molecule has 1 aliphatic rings. The van der Waals surface area contributed by atoms with Crippen molar-refractivity contribution in [3.8, 4) is 0 Å². The van der Waals surface area contributed by atoms with Gasteiger partial charge in [0.05, 0.1) is 10.8 Å². The Morgan fingerprint density at radius 3 is 2.83 bits per heavy atom. The summed E-state index contributed by atoms with van der Waals surface area (Å²) < 4.78 is 38.3. The predicted molar refractivity (Wildman–Crippen MR) is 64.2 cm³/mol. The van der Waals surface area contributed by atoms with Gasteiger partial charge in [-0.2, -0.15) is 4.31 Å². The number of thioether (sulfide) groups is 1. The topological polar surface area (TPSA) is 74.7 Å². The zero-order valence-electron chi connectivity index (χ0n) is 9.11. The standard InChI is InChI=1S/C10H10FNO4S2/c11-7-2-1-3-8(4-7)18(15,16)12-6-17-5-9(12)10(13)14/h1-4,9H,5-6H2,(H,13,14). The van der Waals surface area contributed by atoms with Crippen molar-refractivity contribution in [1.29, 1.82) is 0 Å². The molecule has 1 fully saturated rings. The van der Waals surface area contributed by atoms with Crippen LogP contribution < -0.4 is 0 Å². The average molecular weight is 291 g/mol. The molecule has 1 unspecified atom stereocenters. The fourth-order valence-electron chi connectivity index (χ4n) is 1.62. The third-order valence-corrected chi connectivity index (χ3v) is 5.56. The Bertz CT molecular complexity index is 575. The van der Waals surface area contributed by atoms with Crippen LogP contribution in [0, 0.1) is 5.82 Å². The summed E-state index contributed by atoms with van der Waals surface area (Å²) in [5.74, 6) is -1.60. The molecule has 1 N–H and O–H groups in total. The van der Waals surface area contributed by atoms with Gasteiger partial charge in [-0.3, -0.25) is 4.79 Å². The summed E-state index contributed by atoms with van der Waals surface area (Å²) in [7, 11) is -3.96. The largest absolute Gasteiger partial charge is 0.480 e. The van der Waals surface area contributed by atoms with Crippen LogP contribution in [0.4, 0.5) is 4.39 Å². The highest BCUT2D eigenvalue weighted by molar-refractivity contribution is 8.00.